The Bertz CT molecular complexity index is 231. The van der Waals surface area contributed by atoms with Crippen molar-refractivity contribution < 1.29 is 9.50 Å². The summed E-state index contributed by atoms with van der Waals surface area (Å²) in [5.41, 5.74) is 0. The Balaban J connectivity index is 2.56. The van der Waals surface area contributed by atoms with Crippen molar-refractivity contribution in [2.75, 3.05) is 18.5 Å². The number of aliphatic hydroxyl groups is 1. The molecule has 2 N–H and O–H groups in total. The molecule has 4 nitrogen and oxygen atoms in total. The zero-order valence-electron chi connectivity index (χ0n) is 5.79. The molecular formula is C6H8FN3O. The lowest BCUT2D eigenvalue weighted by molar-refractivity contribution is 0.311. The molecule has 0 spiro atoms. The molecule has 1 rings (SSSR count). The summed E-state index contributed by atoms with van der Waals surface area (Å²) >= 11 is 0. The molecule has 0 unspecified atom stereocenters. The summed E-state index contributed by atoms with van der Waals surface area (Å²) in [5.74, 6) is -0.202. The van der Waals surface area contributed by atoms with Gasteiger partial charge in [-0.15, -0.1) is 0 Å². The summed E-state index contributed by atoms with van der Waals surface area (Å²) in [5, 5.41) is 11.1. The molecule has 0 radical (unpaired) electrons. The first-order valence-electron chi connectivity index (χ1n) is 3.15. The van der Waals surface area contributed by atoms with Crippen molar-refractivity contribution in [2.24, 2.45) is 0 Å². The fourth-order valence-corrected chi connectivity index (χ4v) is 0.614. The standard InChI is InChI=1S/C6H8FN3O/c7-5-3-6(8-1-2-11)10-4-9-5/h3-4,11H,1-2H2,(H,8,9,10). The normalized spacial score (nSPS) is 9.64. The number of nitrogens with zero attached hydrogens (tertiary/aromatic N) is 2. The first-order valence-corrected chi connectivity index (χ1v) is 3.15. The van der Waals surface area contributed by atoms with E-state index in [1.165, 1.54) is 0 Å². The number of aromatic nitrogens is 2. The third-order valence-electron chi connectivity index (χ3n) is 1.05. The second kappa shape index (κ2) is 3.82. The van der Waals surface area contributed by atoms with E-state index in [1.54, 1.807) is 0 Å². The van der Waals surface area contributed by atoms with Crippen molar-refractivity contribution >= 4 is 5.82 Å². The molecule has 11 heavy (non-hydrogen) atoms. The summed E-state index contributed by atoms with van der Waals surface area (Å²) in [4.78, 5) is 6.97. The van der Waals surface area contributed by atoms with Crippen molar-refractivity contribution in [1.29, 1.82) is 0 Å². The number of anilines is 1. The number of nitrogens with one attached hydrogen (secondary N) is 1. The monoisotopic (exact) mass is 157 g/mol. The van der Waals surface area contributed by atoms with Gasteiger partial charge < -0.3 is 10.4 Å². The SMILES string of the molecule is OCCNc1cc(F)ncn1. The summed E-state index contributed by atoms with van der Waals surface area (Å²) in [6, 6.07) is 1.16. The number of hydrogen-bond donors (Lipinski definition) is 2. The van der Waals surface area contributed by atoms with Crippen LogP contribution in [0.2, 0.25) is 0 Å². The van der Waals surface area contributed by atoms with Crippen LogP contribution < -0.4 is 5.32 Å². The van der Waals surface area contributed by atoms with Gasteiger partial charge in [0.1, 0.15) is 12.1 Å². The van der Waals surface area contributed by atoms with Crippen LogP contribution in [-0.2, 0) is 0 Å². The highest BCUT2D eigenvalue weighted by molar-refractivity contribution is 5.31. The highest BCUT2D eigenvalue weighted by atomic mass is 19.1. The lowest BCUT2D eigenvalue weighted by Gasteiger charge is -2.00. The van der Waals surface area contributed by atoms with Crippen LogP contribution in [0.5, 0.6) is 0 Å². The number of halogens is 1. The molecule has 0 amide bonds. The zero-order valence-corrected chi connectivity index (χ0v) is 5.79. The predicted molar refractivity (Wildman–Crippen MR) is 37.6 cm³/mol. The van der Waals surface area contributed by atoms with Gasteiger partial charge in [-0.2, -0.15) is 4.39 Å². The van der Waals surface area contributed by atoms with Gasteiger partial charge >= 0.3 is 0 Å². The second-order valence-electron chi connectivity index (χ2n) is 1.88. The van der Waals surface area contributed by atoms with E-state index >= 15 is 0 Å². The lowest BCUT2D eigenvalue weighted by Crippen LogP contribution is -2.07. The average molecular weight is 157 g/mol. The third-order valence-corrected chi connectivity index (χ3v) is 1.05. The van der Waals surface area contributed by atoms with E-state index < -0.39 is 5.95 Å². The molecule has 0 aliphatic heterocycles. The van der Waals surface area contributed by atoms with Gasteiger partial charge in [0.25, 0.3) is 0 Å². The quantitative estimate of drug-likeness (QED) is 0.607. The average Bonchev–Trinajstić information content (AvgIpc) is 2.01. The van der Waals surface area contributed by atoms with Crippen molar-refractivity contribution in [3.63, 3.8) is 0 Å². The highest BCUT2D eigenvalue weighted by Crippen LogP contribution is 2.00. The van der Waals surface area contributed by atoms with E-state index in [2.05, 4.69) is 15.3 Å². The Labute approximate surface area is 63.1 Å². The van der Waals surface area contributed by atoms with Crippen molar-refractivity contribution in [3.05, 3.63) is 18.3 Å². The Kier molecular flexibility index (Phi) is 2.74. The van der Waals surface area contributed by atoms with Gasteiger partial charge in [0.2, 0.25) is 5.95 Å². The molecule has 0 bridgehead atoms. The minimum Gasteiger partial charge on any atom is -0.395 e. The van der Waals surface area contributed by atoms with Crippen LogP contribution in [0.15, 0.2) is 12.4 Å². The molecule has 0 aromatic carbocycles. The maximum Gasteiger partial charge on any atom is 0.217 e. The fraction of sp³-hybridized carbons (Fsp3) is 0.333. The molecule has 0 aliphatic rings. The largest absolute Gasteiger partial charge is 0.395 e. The molecule has 0 atom stereocenters. The summed E-state index contributed by atoms with van der Waals surface area (Å²) < 4.78 is 12.3. The molecule has 60 valence electrons. The predicted octanol–water partition coefficient (Wildman–Crippen LogP) is 0.0199. The smallest absolute Gasteiger partial charge is 0.217 e. The molecule has 0 saturated carbocycles. The fourth-order valence-electron chi connectivity index (χ4n) is 0.614. The molecule has 0 saturated heterocycles. The van der Waals surface area contributed by atoms with Crippen LogP contribution in [0, 0.1) is 5.95 Å². The van der Waals surface area contributed by atoms with Gasteiger partial charge in [-0.25, -0.2) is 9.97 Å². The number of rotatable bonds is 3. The van der Waals surface area contributed by atoms with Crippen LogP contribution in [0.25, 0.3) is 0 Å². The van der Waals surface area contributed by atoms with E-state index in [9.17, 15) is 4.39 Å². The second-order valence-corrected chi connectivity index (χ2v) is 1.88. The topological polar surface area (TPSA) is 58.0 Å². The van der Waals surface area contributed by atoms with Gasteiger partial charge in [-0.1, -0.05) is 0 Å². The molecule has 0 aliphatic carbocycles. The van der Waals surface area contributed by atoms with Crippen LogP contribution in [0.3, 0.4) is 0 Å². The lowest BCUT2D eigenvalue weighted by atomic mass is 10.5. The molecule has 1 heterocycles. The van der Waals surface area contributed by atoms with Crippen LogP contribution in [-0.4, -0.2) is 28.2 Å². The maximum absolute atomic E-state index is 12.3. The van der Waals surface area contributed by atoms with Crippen molar-refractivity contribution in [3.8, 4) is 0 Å². The van der Waals surface area contributed by atoms with Crippen molar-refractivity contribution in [1.82, 2.24) is 9.97 Å². The van der Waals surface area contributed by atoms with E-state index in [-0.39, 0.29) is 6.61 Å². The van der Waals surface area contributed by atoms with Crippen LogP contribution >= 0.6 is 0 Å². The number of hydrogen-bond acceptors (Lipinski definition) is 4. The van der Waals surface area contributed by atoms with Gasteiger partial charge in [0, 0.05) is 12.6 Å². The molecule has 0 fully saturated rings. The molecule has 5 heteroatoms. The van der Waals surface area contributed by atoms with E-state index in [0.717, 1.165) is 12.4 Å². The first-order chi connectivity index (χ1) is 5.33. The van der Waals surface area contributed by atoms with Crippen molar-refractivity contribution in [2.45, 2.75) is 0 Å². The Morgan fingerprint density at radius 2 is 2.36 bits per heavy atom. The minimum absolute atomic E-state index is 0.00831. The van der Waals surface area contributed by atoms with Crippen LogP contribution in [0.1, 0.15) is 0 Å². The molecular weight excluding hydrogens is 149 g/mol. The molecule has 1 aromatic heterocycles. The van der Waals surface area contributed by atoms with E-state index in [1.807, 2.05) is 0 Å². The Hall–Kier alpha value is -1.23. The van der Waals surface area contributed by atoms with Gasteiger partial charge in [-0.05, 0) is 0 Å². The Morgan fingerprint density at radius 1 is 1.55 bits per heavy atom. The number of aliphatic hydroxyl groups excluding tert-OH is 1. The van der Waals surface area contributed by atoms with Gasteiger partial charge in [0.05, 0.1) is 6.61 Å². The summed E-state index contributed by atoms with van der Waals surface area (Å²) in [6.07, 6.45) is 1.12. The summed E-state index contributed by atoms with van der Waals surface area (Å²) in [6.45, 7) is 0.349. The first kappa shape index (κ1) is 7.87. The molecule has 1 aromatic rings. The minimum atomic E-state index is -0.583. The van der Waals surface area contributed by atoms with E-state index in [0.29, 0.717) is 12.4 Å². The maximum atomic E-state index is 12.3. The van der Waals surface area contributed by atoms with Gasteiger partial charge in [-0.3, -0.25) is 0 Å². The summed E-state index contributed by atoms with van der Waals surface area (Å²) in [7, 11) is 0. The zero-order chi connectivity index (χ0) is 8.10. The third kappa shape index (κ3) is 2.46. The Morgan fingerprint density at radius 3 is 3.00 bits per heavy atom. The van der Waals surface area contributed by atoms with Crippen LogP contribution in [0.4, 0.5) is 10.2 Å². The van der Waals surface area contributed by atoms with E-state index in [4.69, 9.17) is 5.11 Å². The highest BCUT2D eigenvalue weighted by Gasteiger charge is 1.94. The van der Waals surface area contributed by atoms with Gasteiger partial charge in [0.15, 0.2) is 0 Å².